The van der Waals surface area contributed by atoms with E-state index in [1.807, 2.05) is 6.07 Å². The molecule has 9 heteroatoms. The zero-order valence-corrected chi connectivity index (χ0v) is 17.9. The fourth-order valence-electron chi connectivity index (χ4n) is 3.73. The van der Waals surface area contributed by atoms with Crippen LogP contribution in [0, 0.1) is 0 Å². The molecule has 0 saturated carbocycles. The number of ether oxygens (including phenoxy) is 3. The lowest BCUT2D eigenvalue weighted by molar-refractivity contribution is -0.132. The number of likely N-dealkylation sites (tertiary alicyclic amines) is 1. The van der Waals surface area contributed by atoms with Crippen molar-refractivity contribution < 1.29 is 19.0 Å². The number of nitrogens with one attached hydrogen (secondary N) is 1. The third-order valence-electron chi connectivity index (χ3n) is 5.37. The molecular formula is C23H24N4O5. The summed E-state index contributed by atoms with van der Waals surface area (Å²) >= 11 is 0. The maximum atomic E-state index is 12.8. The van der Waals surface area contributed by atoms with E-state index in [0.29, 0.717) is 48.3 Å². The molecule has 3 aromatic rings. The van der Waals surface area contributed by atoms with Crippen LogP contribution < -0.4 is 19.8 Å². The van der Waals surface area contributed by atoms with Crippen molar-refractivity contribution in [3.63, 3.8) is 0 Å². The maximum absolute atomic E-state index is 12.8. The summed E-state index contributed by atoms with van der Waals surface area (Å²) < 4.78 is 16.3. The highest BCUT2D eigenvalue weighted by Crippen LogP contribution is 2.36. The monoisotopic (exact) mass is 436 g/mol. The van der Waals surface area contributed by atoms with Crippen molar-refractivity contribution in [3.05, 3.63) is 65.0 Å². The van der Waals surface area contributed by atoms with E-state index >= 15 is 0 Å². The van der Waals surface area contributed by atoms with Gasteiger partial charge in [0.05, 0.1) is 19.9 Å². The Labute approximate surface area is 185 Å². The number of nitrogens with zero attached hydrogens (tertiary/aromatic N) is 3. The van der Waals surface area contributed by atoms with Crippen LogP contribution >= 0.6 is 0 Å². The van der Waals surface area contributed by atoms with Crippen molar-refractivity contribution in [2.45, 2.75) is 12.3 Å². The van der Waals surface area contributed by atoms with Crippen LogP contribution in [0.2, 0.25) is 0 Å². The van der Waals surface area contributed by atoms with E-state index in [1.54, 1.807) is 41.6 Å². The molecule has 166 valence electrons. The van der Waals surface area contributed by atoms with E-state index in [0.717, 1.165) is 5.56 Å². The number of H-pyrrole nitrogens is 1. The average Bonchev–Trinajstić information content (AvgIpc) is 3.33. The molecule has 4 rings (SSSR count). The molecule has 1 aromatic carbocycles. The molecule has 0 bridgehead atoms. The van der Waals surface area contributed by atoms with Crippen molar-refractivity contribution in [2.24, 2.45) is 0 Å². The van der Waals surface area contributed by atoms with Gasteiger partial charge in [0.25, 0.3) is 11.5 Å². The Bertz CT molecular complexity index is 1130. The summed E-state index contributed by atoms with van der Waals surface area (Å²) in [4.78, 5) is 38.2. The van der Waals surface area contributed by atoms with Crippen molar-refractivity contribution in [1.29, 1.82) is 0 Å². The minimum atomic E-state index is -0.231. The summed E-state index contributed by atoms with van der Waals surface area (Å²) in [6.45, 7) is 0.852. The van der Waals surface area contributed by atoms with Crippen molar-refractivity contribution >= 4 is 5.91 Å². The Morgan fingerprint density at radius 3 is 2.66 bits per heavy atom. The van der Waals surface area contributed by atoms with Crippen molar-refractivity contribution in [1.82, 2.24) is 19.9 Å². The summed E-state index contributed by atoms with van der Waals surface area (Å²) in [5.41, 5.74) is 1.10. The summed E-state index contributed by atoms with van der Waals surface area (Å²) in [7, 11) is 3.06. The van der Waals surface area contributed by atoms with Gasteiger partial charge < -0.3 is 24.1 Å². The number of methoxy groups -OCH3 is 2. The number of hydrogen-bond acceptors (Lipinski definition) is 7. The predicted octanol–water partition coefficient (Wildman–Crippen LogP) is 2.24. The molecule has 1 amide bonds. The summed E-state index contributed by atoms with van der Waals surface area (Å²) in [6, 6.07) is 10.4. The second-order valence-electron chi connectivity index (χ2n) is 7.36. The number of rotatable bonds is 7. The predicted molar refractivity (Wildman–Crippen MR) is 117 cm³/mol. The fraction of sp³-hybridized carbons (Fsp3) is 0.304. The van der Waals surface area contributed by atoms with Crippen LogP contribution in [0.4, 0.5) is 0 Å². The van der Waals surface area contributed by atoms with Gasteiger partial charge in [0, 0.05) is 43.0 Å². The SMILES string of the molecule is COc1cccc(OC)c1OCC(=O)N1CC[C@H](c2nc(-c3cccnc3)cc(=O)[nH]2)C1. The fourth-order valence-corrected chi connectivity index (χ4v) is 3.73. The number of carbonyl (C=O) groups is 1. The second-order valence-corrected chi connectivity index (χ2v) is 7.36. The lowest BCUT2D eigenvalue weighted by atomic mass is 10.1. The van der Waals surface area contributed by atoms with Crippen LogP contribution in [0.1, 0.15) is 18.2 Å². The molecule has 1 aliphatic rings. The van der Waals surface area contributed by atoms with Crippen LogP contribution in [-0.4, -0.2) is 59.7 Å². The van der Waals surface area contributed by atoms with E-state index in [-0.39, 0.29) is 24.0 Å². The maximum Gasteiger partial charge on any atom is 0.260 e. The minimum absolute atomic E-state index is 0.0657. The summed E-state index contributed by atoms with van der Waals surface area (Å²) in [6.07, 6.45) is 4.03. The van der Waals surface area contributed by atoms with Gasteiger partial charge in [-0.05, 0) is 30.7 Å². The van der Waals surface area contributed by atoms with Crippen LogP contribution in [0.3, 0.4) is 0 Å². The standard InChI is InChI=1S/C23H24N4O5/c1-30-18-6-3-7-19(31-2)22(18)32-14-21(29)27-10-8-16(13-27)23-25-17(11-20(28)26-23)15-5-4-9-24-12-15/h3-7,9,11-12,16H,8,10,13-14H2,1-2H3,(H,25,26,28)/t16-/m0/s1. The van der Waals surface area contributed by atoms with E-state index in [4.69, 9.17) is 14.2 Å². The summed E-state index contributed by atoms with van der Waals surface area (Å²) in [5.74, 6) is 1.71. The minimum Gasteiger partial charge on any atom is -0.493 e. The molecule has 3 heterocycles. The number of hydrogen-bond donors (Lipinski definition) is 1. The first-order valence-electron chi connectivity index (χ1n) is 10.2. The molecule has 2 aromatic heterocycles. The number of benzene rings is 1. The van der Waals surface area contributed by atoms with Crippen LogP contribution in [-0.2, 0) is 4.79 Å². The van der Waals surface area contributed by atoms with Gasteiger partial charge in [0.2, 0.25) is 5.75 Å². The first-order chi connectivity index (χ1) is 15.6. The third-order valence-corrected chi connectivity index (χ3v) is 5.37. The topological polar surface area (TPSA) is 107 Å². The largest absolute Gasteiger partial charge is 0.493 e. The molecular weight excluding hydrogens is 412 g/mol. The molecule has 0 radical (unpaired) electrons. The van der Waals surface area contributed by atoms with Gasteiger partial charge in [-0.3, -0.25) is 14.6 Å². The van der Waals surface area contributed by atoms with E-state index in [9.17, 15) is 9.59 Å². The van der Waals surface area contributed by atoms with Crippen molar-refractivity contribution in [2.75, 3.05) is 33.9 Å². The Hall–Kier alpha value is -3.88. The number of aromatic nitrogens is 3. The molecule has 32 heavy (non-hydrogen) atoms. The van der Waals surface area contributed by atoms with Crippen LogP contribution in [0.25, 0.3) is 11.3 Å². The van der Waals surface area contributed by atoms with Gasteiger partial charge in [-0.2, -0.15) is 0 Å². The number of carbonyl (C=O) groups excluding carboxylic acids is 1. The lowest BCUT2D eigenvalue weighted by Gasteiger charge is -2.18. The van der Waals surface area contributed by atoms with Gasteiger partial charge in [0.1, 0.15) is 5.82 Å². The smallest absolute Gasteiger partial charge is 0.260 e. The Balaban J connectivity index is 1.44. The number of aromatic amines is 1. The highest BCUT2D eigenvalue weighted by Gasteiger charge is 2.29. The molecule has 0 aliphatic carbocycles. The van der Waals surface area contributed by atoms with Crippen molar-refractivity contribution in [3.8, 4) is 28.5 Å². The van der Waals surface area contributed by atoms with Gasteiger partial charge in [0.15, 0.2) is 18.1 Å². The summed E-state index contributed by atoms with van der Waals surface area (Å²) in [5, 5.41) is 0. The number of amides is 1. The third kappa shape index (κ3) is 4.56. The first-order valence-corrected chi connectivity index (χ1v) is 10.2. The number of para-hydroxylation sites is 1. The molecule has 9 nitrogen and oxygen atoms in total. The zero-order chi connectivity index (χ0) is 22.5. The van der Waals surface area contributed by atoms with Crippen LogP contribution in [0.15, 0.2) is 53.6 Å². The Kier molecular flexibility index (Phi) is 6.34. The molecule has 0 spiro atoms. The van der Waals surface area contributed by atoms with E-state index in [1.165, 1.54) is 20.3 Å². The second kappa shape index (κ2) is 9.51. The number of pyridine rings is 1. The van der Waals surface area contributed by atoms with Crippen LogP contribution in [0.5, 0.6) is 17.2 Å². The van der Waals surface area contributed by atoms with Gasteiger partial charge in [-0.1, -0.05) is 6.07 Å². The Morgan fingerprint density at radius 1 is 1.19 bits per heavy atom. The highest BCUT2D eigenvalue weighted by molar-refractivity contribution is 5.78. The van der Waals surface area contributed by atoms with Gasteiger partial charge in [-0.25, -0.2) is 4.98 Å². The van der Waals surface area contributed by atoms with E-state index < -0.39 is 0 Å². The molecule has 0 unspecified atom stereocenters. The Morgan fingerprint density at radius 2 is 1.97 bits per heavy atom. The molecule has 1 fully saturated rings. The van der Waals surface area contributed by atoms with E-state index in [2.05, 4.69) is 15.0 Å². The average molecular weight is 436 g/mol. The van der Waals surface area contributed by atoms with Gasteiger partial charge in [-0.15, -0.1) is 0 Å². The normalized spacial score (nSPS) is 15.4. The molecule has 1 N–H and O–H groups in total. The molecule has 1 aliphatic heterocycles. The van der Waals surface area contributed by atoms with Gasteiger partial charge >= 0.3 is 0 Å². The molecule has 1 saturated heterocycles. The quantitative estimate of drug-likeness (QED) is 0.605. The first kappa shape index (κ1) is 21.4. The zero-order valence-electron chi connectivity index (χ0n) is 17.9. The molecule has 1 atom stereocenters. The lowest BCUT2D eigenvalue weighted by Crippen LogP contribution is -2.33. The highest BCUT2D eigenvalue weighted by atomic mass is 16.5.